The molecule has 6 amide bonds. The lowest BCUT2D eigenvalue weighted by Gasteiger charge is -2.44. The molecule has 4 heterocycles. The summed E-state index contributed by atoms with van der Waals surface area (Å²) in [6.45, 7) is 3.81. The van der Waals surface area contributed by atoms with Gasteiger partial charge in [0.25, 0.3) is 5.91 Å². The lowest BCUT2D eigenvalue weighted by atomic mass is 9.94. The fourth-order valence-corrected chi connectivity index (χ4v) is 6.49. The predicted molar refractivity (Wildman–Crippen MR) is 128 cm³/mol. The smallest absolute Gasteiger partial charge is 0.327 e. The standard InChI is InChI=1S/C22H25N7O6S/c1-21(2)14(17(31)32)29-15(30)13(16(29)36-21)26-18(33)22(23,27-20(35)28-8-7-25-19(28)34)11-3-4-12-10(9-11)5-6-24-12/h3-6,9,13-14,16,24H,7-8,23H2,1-2H3,(H,25,34)(H,26,33)(H,27,35)(H,31,32)/t13-,14+,16-,22?/m1/s1. The van der Waals surface area contributed by atoms with Crippen LogP contribution in [0, 0.1) is 0 Å². The second-order valence-corrected chi connectivity index (χ2v) is 11.2. The van der Waals surface area contributed by atoms with E-state index in [2.05, 4.69) is 20.9 Å². The molecule has 1 aromatic heterocycles. The van der Waals surface area contributed by atoms with Crippen LogP contribution >= 0.6 is 11.8 Å². The molecule has 7 N–H and O–H groups in total. The fraction of sp³-hybridized carbons (Fsp3) is 0.409. The summed E-state index contributed by atoms with van der Waals surface area (Å²) in [7, 11) is 0. The number of carboxylic acids is 1. The maximum Gasteiger partial charge on any atom is 0.327 e. The Kier molecular flexibility index (Phi) is 5.41. The van der Waals surface area contributed by atoms with Crippen molar-refractivity contribution in [2.45, 2.75) is 41.7 Å². The van der Waals surface area contributed by atoms with Gasteiger partial charge in [0.15, 0.2) is 5.66 Å². The Balaban J connectivity index is 1.44. The first-order chi connectivity index (χ1) is 16.9. The molecule has 13 nitrogen and oxygen atoms in total. The first-order valence-corrected chi connectivity index (χ1v) is 12.1. The summed E-state index contributed by atoms with van der Waals surface area (Å²) >= 11 is 1.27. The van der Waals surface area contributed by atoms with Gasteiger partial charge in [-0.3, -0.25) is 15.3 Å². The van der Waals surface area contributed by atoms with Gasteiger partial charge >= 0.3 is 18.0 Å². The van der Waals surface area contributed by atoms with E-state index in [4.69, 9.17) is 5.73 Å². The highest BCUT2D eigenvalue weighted by atomic mass is 32.2. The molecule has 0 saturated carbocycles. The maximum atomic E-state index is 13.6. The maximum absolute atomic E-state index is 13.6. The third-order valence-electron chi connectivity index (χ3n) is 6.73. The van der Waals surface area contributed by atoms with Gasteiger partial charge in [-0.25, -0.2) is 19.3 Å². The summed E-state index contributed by atoms with van der Waals surface area (Å²) < 4.78 is -0.776. The molecule has 0 radical (unpaired) electrons. The van der Waals surface area contributed by atoms with Gasteiger partial charge < -0.3 is 30.9 Å². The zero-order chi connectivity index (χ0) is 26.0. The van der Waals surface area contributed by atoms with Crippen molar-refractivity contribution in [2.24, 2.45) is 5.73 Å². The number of urea groups is 2. The number of nitrogens with one attached hydrogen (secondary N) is 4. The van der Waals surface area contributed by atoms with Gasteiger partial charge in [-0.1, -0.05) is 6.07 Å². The summed E-state index contributed by atoms with van der Waals surface area (Å²) in [5.74, 6) is -2.55. The summed E-state index contributed by atoms with van der Waals surface area (Å²) in [5.41, 5.74) is 5.40. The number of carbonyl (C=O) groups excluding carboxylic acids is 4. The first kappa shape index (κ1) is 23.9. The van der Waals surface area contributed by atoms with Crippen LogP contribution in [0.5, 0.6) is 0 Å². The van der Waals surface area contributed by atoms with Crippen molar-refractivity contribution < 1.29 is 29.1 Å². The van der Waals surface area contributed by atoms with Gasteiger partial charge in [0, 0.05) is 35.1 Å². The molecule has 4 atom stereocenters. The lowest BCUT2D eigenvalue weighted by Crippen LogP contribution is -2.74. The quantitative estimate of drug-likeness (QED) is 0.230. The van der Waals surface area contributed by atoms with Crippen LogP contribution in [0.4, 0.5) is 9.59 Å². The van der Waals surface area contributed by atoms with Crippen molar-refractivity contribution in [3.8, 4) is 0 Å². The Hall–Kier alpha value is -3.78. The number of hydrogen-bond donors (Lipinski definition) is 6. The summed E-state index contributed by atoms with van der Waals surface area (Å²) in [5, 5.41) is 17.3. The Morgan fingerprint density at radius 3 is 2.67 bits per heavy atom. The van der Waals surface area contributed by atoms with Crippen molar-refractivity contribution in [1.82, 2.24) is 30.7 Å². The van der Waals surface area contributed by atoms with Gasteiger partial charge in [-0.15, -0.1) is 11.8 Å². The molecule has 14 heteroatoms. The van der Waals surface area contributed by atoms with Crippen LogP contribution in [0.3, 0.4) is 0 Å². The highest BCUT2D eigenvalue weighted by Crippen LogP contribution is 2.50. The lowest BCUT2D eigenvalue weighted by molar-refractivity contribution is -0.161. The molecule has 3 saturated heterocycles. The topological polar surface area (TPSA) is 190 Å². The first-order valence-electron chi connectivity index (χ1n) is 11.2. The molecule has 1 unspecified atom stereocenters. The van der Waals surface area contributed by atoms with Crippen molar-refractivity contribution >= 4 is 52.5 Å². The number of nitrogens with two attached hydrogens (primary N) is 1. The normalized spacial score (nSPS) is 26.1. The number of carbonyl (C=O) groups is 5. The van der Waals surface area contributed by atoms with Crippen LogP contribution in [0.25, 0.3) is 10.9 Å². The van der Waals surface area contributed by atoms with Crippen molar-refractivity contribution in [2.75, 3.05) is 13.1 Å². The van der Waals surface area contributed by atoms with Crippen molar-refractivity contribution in [1.29, 1.82) is 0 Å². The van der Waals surface area contributed by atoms with Crippen molar-refractivity contribution in [3.05, 3.63) is 36.0 Å². The van der Waals surface area contributed by atoms with Crippen molar-refractivity contribution in [3.63, 3.8) is 0 Å². The monoisotopic (exact) mass is 515 g/mol. The Morgan fingerprint density at radius 2 is 2.00 bits per heavy atom. The largest absolute Gasteiger partial charge is 0.480 e. The number of H-pyrrole nitrogens is 1. The Labute approximate surface area is 209 Å². The van der Waals surface area contributed by atoms with E-state index in [1.807, 2.05) is 0 Å². The minimum Gasteiger partial charge on any atom is -0.480 e. The van der Waals surface area contributed by atoms with E-state index in [1.54, 1.807) is 44.3 Å². The fourth-order valence-electron chi connectivity index (χ4n) is 4.86. The molecule has 0 spiro atoms. The van der Waals surface area contributed by atoms with Gasteiger partial charge in [0.2, 0.25) is 5.91 Å². The molecule has 36 heavy (non-hydrogen) atoms. The molecule has 0 aliphatic carbocycles. The van der Waals surface area contributed by atoms with Gasteiger partial charge in [0.1, 0.15) is 17.5 Å². The average molecular weight is 516 g/mol. The number of β-lactam (4-membered cyclic amide) rings is 1. The molecule has 1 aromatic carbocycles. The van der Waals surface area contributed by atoms with E-state index in [9.17, 15) is 29.1 Å². The molecular formula is C22H25N7O6S. The molecule has 2 aromatic rings. The highest BCUT2D eigenvalue weighted by molar-refractivity contribution is 8.01. The van der Waals surface area contributed by atoms with Crippen LogP contribution in [-0.2, 0) is 20.0 Å². The second-order valence-electron chi connectivity index (χ2n) is 9.45. The molecule has 0 bridgehead atoms. The third-order valence-corrected chi connectivity index (χ3v) is 8.31. The van der Waals surface area contributed by atoms with Gasteiger partial charge in [0.05, 0.1) is 0 Å². The van der Waals surface area contributed by atoms with Crippen LogP contribution in [-0.4, -0.2) is 85.0 Å². The van der Waals surface area contributed by atoms with E-state index in [1.165, 1.54) is 16.7 Å². The van der Waals surface area contributed by atoms with E-state index >= 15 is 0 Å². The Morgan fingerprint density at radius 1 is 1.25 bits per heavy atom. The summed E-state index contributed by atoms with van der Waals surface area (Å²) in [6, 6.07) is 3.08. The van der Waals surface area contributed by atoms with Crippen LogP contribution < -0.4 is 21.7 Å². The second kappa shape index (κ2) is 8.13. The molecular weight excluding hydrogens is 490 g/mol. The van der Waals surface area contributed by atoms with E-state index in [0.29, 0.717) is 0 Å². The number of benzene rings is 1. The molecule has 3 fully saturated rings. The number of fused-ring (bicyclic) bond motifs is 2. The molecule has 5 rings (SSSR count). The van der Waals surface area contributed by atoms with Crippen LogP contribution in [0.15, 0.2) is 30.5 Å². The summed E-state index contributed by atoms with van der Waals surface area (Å²) in [6.07, 6.45) is 1.71. The Bertz CT molecular complexity index is 1310. The average Bonchev–Trinajstić information content (AvgIpc) is 3.52. The van der Waals surface area contributed by atoms with Gasteiger partial charge in [-0.2, -0.15) is 0 Å². The minimum absolute atomic E-state index is 0.0969. The number of nitrogens with zero attached hydrogens (tertiary/aromatic N) is 2. The SMILES string of the molecule is CC1(C)S[C@@H]2[C@H](NC(=O)C(N)(NC(=O)N3CCNC3=O)c3ccc4[nH]ccc4c3)C(=O)N2[C@H]1C(=O)O. The third kappa shape index (κ3) is 3.55. The molecule has 3 aliphatic heterocycles. The number of aromatic nitrogens is 1. The highest BCUT2D eigenvalue weighted by Gasteiger charge is 2.64. The van der Waals surface area contributed by atoms with Crippen LogP contribution in [0.2, 0.25) is 0 Å². The number of aliphatic carboxylic acids is 1. The van der Waals surface area contributed by atoms with E-state index in [-0.39, 0.29) is 18.7 Å². The summed E-state index contributed by atoms with van der Waals surface area (Å²) in [4.78, 5) is 68.4. The number of hydrogen-bond acceptors (Lipinski definition) is 7. The minimum atomic E-state index is -2.14. The number of imide groups is 1. The van der Waals surface area contributed by atoms with E-state index < -0.39 is 57.7 Å². The number of aromatic amines is 1. The van der Waals surface area contributed by atoms with Crippen LogP contribution in [0.1, 0.15) is 19.4 Å². The zero-order valence-electron chi connectivity index (χ0n) is 19.4. The number of rotatable bonds is 5. The zero-order valence-corrected chi connectivity index (χ0v) is 20.2. The molecule has 3 aliphatic rings. The molecule has 190 valence electrons. The number of carboxylic acid groups (broad SMARTS) is 1. The van der Waals surface area contributed by atoms with Gasteiger partial charge in [-0.05, 0) is 37.4 Å². The predicted octanol–water partition coefficient (Wildman–Crippen LogP) is -0.354. The van der Waals surface area contributed by atoms with E-state index in [0.717, 1.165) is 15.8 Å². The number of thioether (sulfide) groups is 1. The number of amides is 6.